The van der Waals surface area contributed by atoms with Crippen LogP contribution in [0.3, 0.4) is 0 Å². The lowest BCUT2D eigenvalue weighted by Gasteiger charge is -2.25. The van der Waals surface area contributed by atoms with Crippen molar-refractivity contribution < 1.29 is 13.2 Å². The Morgan fingerprint density at radius 2 is 1.52 bits per heavy atom. The molecule has 1 heterocycles. The van der Waals surface area contributed by atoms with E-state index in [9.17, 15) is 13.2 Å². The Labute approximate surface area is 174 Å². The predicted octanol–water partition coefficient (Wildman–Crippen LogP) is 4.34. The van der Waals surface area contributed by atoms with Crippen LogP contribution in [0.15, 0.2) is 53.4 Å². The van der Waals surface area contributed by atoms with Crippen molar-refractivity contribution >= 4 is 21.6 Å². The number of nitrogens with zero attached hydrogens (tertiary/aromatic N) is 1. The highest BCUT2D eigenvalue weighted by Crippen LogP contribution is 2.24. The monoisotopic (exact) mass is 414 g/mol. The fourth-order valence-electron chi connectivity index (χ4n) is 3.48. The van der Waals surface area contributed by atoms with Gasteiger partial charge < -0.3 is 5.32 Å². The minimum Gasteiger partial charge on any atom is -0.326 e. The molecule has 29 heavy (non-hydrogen) atoms. The molecule has 5 nitrogen and oxygen atoms in total. The molecule has 1 N–H and O–H groups in total. The van der Waals surface area contributed by atoms with Gasteiger partial charge in [0.2, 0.25) is 15.9 Å². The molecule has 2 aromatic rings. The number of carbonyl (C=O) groups is 1. The first-order chi connectivity index (χ1) is 13.7. The molecule has 1 aliphatic rings. The molecule has 0 aliphatic carbocycles. The Bertz CT molecular complexity index is 937. The van der Waals surface area contributed by atoms with Gasteiger partial charge in [-0.15, -0.1) is 0 Å². The van der Waals surface area contributed by atoms with Crippen molar-refractivity contribution in [1.82, 2.24) is 4.31 Å². The molecular weight excluding hydrogens is 384 g/mol. The first kappa shape index (κ1) is 21.5. The molecule has 0 spiro atoms. The molecule has 0 saturated carbocycles. The zero-order chi connectivity index (χ0) is 21.1. The lowest BCUT2D eigenvalue weighted by atomic mass is 9.87. The molecule has 0 aromatic heterocycles. The lowest BCUT2D eigenvalue weighted by Crippen LogP contribution is -2.35. The van der Waals surface area contributed by atoms with E-state index in [1.807, 2.05) is 24.3 Å². The van der Waals surface area contributed by atoms with Crippen LogP contribution in [-0.4, -0.2) is 31.7 Å². The predicted molar refractivity (Wildman–Crippen MR) is 117 cm³/mol. The van der Waals surface area contributed by atoms with Crippen LogP contribution in [0.4, 0.5) is 5.69 Å². The van der Waals surface area contributed by atoms with Crippen LogP contribution < -0.4 is 5.32 Å². The Kier molecular flexibility index (Phi) is 6.44. The molecule has 1 saturated heterocycles. The number of piperidine rings is 1. The first-order valence-corrected chi connectivity index (χ1v) is 11.6. The summed E-state index contributed by atoms with van der Waals surface area (Å²) in [6.45, 7) is 7.61. The molecule has 0 atom stereocenters. The number of benzene rings is 2. The van der Waals surface area contributed by atoms with Crippen LogP contribution >= 0.6 is 0 Å². The second-order valence-electron chi connectivity index (χ2n) is 8.66. The fourth-order valence-corrected chi connectivity index (χ4v) is 4.99. The highest BCUT2D eigenvalue weighted by molar-refractivity contribution is 7.89. The van der Waals surface area contributed by atoms with Gasteiger partial charge in [-0.1, -0.05) is 51.5 Å². The van der Waals surface area contributed by atoms with Gasteiger partial charge in [0.1, 0.15) is 0 Å². The Morgan fingerprint density at radius 3 is 2.07 bits per heavy atom. The molecule has 1 aliphatic heterocycles. The van der Waals surface area contributed by atoms with Gasteiger partial charge >= 0.3 is 0 Å². The number of rotatable bonds is 5. The van der Waals surface area contributed by atoms with Crippen LogP contribution in [0.1, 0.15) is 51.2 Å². The summed E-state index contributed by atoms with van der Waals surface area (Å²) in [6, 6.07) is 14.5. The summed E-state index contributed by atoms with van der Waals surface area (Å²) in [4.78, 5) is 12.6. The number of amides is 1. The van der Waals surface area contributed by atoms with E-state index in [4.69, 9.17) is 0 Å². The maximum atomic E-state index is 12.7. The molecule has 6 heteroatoms. The summed E-state index contributed by atoms with van der Waals surface area (Å²) in [5, 5.41) is 2.90. The van der Waals surface area contributed by atoms with E-state index >= 15 is 0 Å². The van der Waals surface area contributed by atoms with Crippen LogP contribution in [-0.2, 0) is 26.7 Å². The molecule has 2 aromatic carbocycles. The van der Waals surface area contributed by atoms with Gasteiger partial charge in [-0.3, -0.25) is 4.79 Å². The third-order valence-corrected chi connectivity index (χ3v) is 7.19. The summed E-state index contributed by atoms with van der Waals surface area (Å²) in [6.07, 6.45) is 3.10. The zero-order valence-electron chi connectivity index (χ0n) is 17.4. The minimum atomic E-state index is -3.44. The second kappa shape index (κ2) is 8.67. The molecule has 1 amide bonds. The van der Waals surface area contributed by atoms with Crippen molar-refractivity contribution in [1.29, 1.82) is 0 Å². The van der Waals surface area contributed by atoms with Crippen LogP contribution in [0.2, 0.25) is 0 Å². The molecule has 1 fully saturated rings. The number of sulfonamides is 1. The summed E-state index contributed by atoms with van der Waals surface area (Å²) in [7, 11) is -3.44. The van der Waals surface area contributed by atoms with Crippen molar-refractivity contribution in [3.8, 4) is 0 Å². The third-order valence-electron chi connectivity index (χ3n) is 5.28. The summed E-state index contributed by atoms with van der Waals surface area (Å²) < 4.78 is 27.0. The average molecular weight is 415 g/mol. The van der Waals surface area contributed by atoms with E-state index < -0.39 is 10.0 Å². The number of nitrogens with one attached hydrogen (secondary N) is 1. The van der Waals surface area contributed by atoms with Crippen molar-refractivity contribution in [2.45, 2.75) is 56.8 Å². The maximum absolute atomic E-state index is 12.7. The highest BCUT2D eigenvalue weighted by Gasteiger charge is 2.25. The smallest absolute Gasteiger partial charge is 0.243 e. The van der Waals surface area contributed by atoms with Gasteiger partial charge in [0.15, 0.2) is 0 Å². The van der Waals surface area contributed by atoms with Gasteiger partial charge in [0.05, 0.1) is 11.3 Å². The van der Waals surface area contributed by atoms with E-state index in [1.54, 1.807) is 28.6 Å². The van der Waals surface area contributed by atoms with E-state index in [1.165, 1.54) is 5.56 Å². The number of carbonyl (C=O) groups excluding carboxylic acids is 1. The first-order valence-electron chi connectivity index (χ1n) is 10.2. The Hall–Kier alpha value is -2.18. The molecular formula is C23H30N2O3S. The van der Waals surface area contributed by atoms with Crippen molar-refractivity contribution in [2.24, 2.45) is 0 Å². The molecule has 0 unspecified atom stereocenters. The van der Waals surface area contributed by atoms with Gasteiger partial charge in [-0.25, -0.2) is 8.42 Å². The standard InChI is InChI=1S/C23H30N2O3S/c1-23(2,3)19-9-11-20(12-10-19)24-22(26)17-18-7-13-21(14-8-18)29(27,28)25-15-5-4-6-16-25/h7-14H,4-6,15-17H2,1-3H3,(H,24,26). The second-order valence-corrected chi connectivity index (χ2v) is 10.6. The SMILES string of the molecule is CC(C)(C)c1ccc(NC(=O)Cc2ccc(S(=O)(=O)N3CCCCC3)cc2)cc1. The van der Waals surface area contributed by atoms with Gasteiger partial charge in [0.25, 0.3) is 0 Å². The number of hydrogen-bond donors (Lipinski definition) is 1. The van der Waals surface area contributed by atoms with E-state index in [0.29, 0.717) is 18.0 Å². The largest absolute Gasteiger partial charge is 0.326 e. The Balaban J connectivity index is 1.61. The van der Waals surface area contributed by atoms with Gasteiger partial charge in [-0.05, 0) is 53.6 Å². The highest BCUT2D eigenvalue weighted by atomic mass is 32.2. The molecule has 156 valence electrons. The summed E-state index contributed by atoms with van der Waals surface area (Å²) in [5.41, 5.74) is 2.82. The van der Waals surface area contributed by atoms with Crippen LogP contribution in [0.5, 0.6) is 0 Å². The van der Waals surface area contributed by atoms with Gasteiger partial charge in [0, 0.05) is 18.8 Å². The quantitative estimate of drug-likeness (QED) is 0.791. The minimum absolute atomic E-state index is 0.0683. The average Bonchev–Trinajstić information content (AvgIpc) is 2.69. The van der Waals surface area contributed by atoms with Crippen LogP contribution in [0, 0.1) is 0 Å². The maximum Gasteiger partial charge on any atom is 0.243 e. The lowest BCUT2D eigenvalue weighted by molar-refractivity contribution is -0.115. The van der Waals surface area contributed by atoms with E-state index in [-0.39, 0.29) is 17.7 Å². The third kappa shape index (κ3) is 5.46. The molecule has 0 radical (unpaired) electrons. The zero-order valence-corrected chi connectivity index (χ0v) is 18.3. The molecule has 3 rings (SSSR count). The fraction of sp³-hybridized carbons (Fsp3) is 0.435. The summed E-state index contributed by atoms with van der Waals surface area (Å²) in [5.74, 6) is -0.125. The van der Waals surface area contributed by atoms with E-state index in [0.717, 1.165) is 30.5 Å². The number of hydrogen-bond acceptors (Lipinski definition) is 3. The Morgan fingerprint density at radius 1 is 0.931 bits per heavy atom. The molecule has 0 bridgehead atoms. The van der Waals surface area contributed by atoms with Gasteiger partial charge in [-0.2, -0.15) is 4.31 Å². The normalized spacial score (nSPS) is 15.8. The van der Waals surface area contributed by atoms with E-state index in [2.05, 4.69) is 26.1 Å². The van der Waals surface area contributed by atoms with Crippen molar-refractivity contribution in [3.05, 3.63) is 59.7 Å². The van der Waals surface area contributed by atoms with Crippen molar-refractivity contribution in [3.63, 3.8) is 0 Å². The summed E-state index contributed by atoms with van der Waals surface area (Å²) >= 11 is 0. The topological polar surface area (TPSA) is 66.5 Å². The number of anilines is 1. The van der Waals surface area contributed by atoms with Crippen molar-refractivity contribution in [2.75, 3.05) is 18.4 Å². The van der Waals surface area contributed by atoms with Crippen LogP contribution in [0.25, 0.3) is 0 Å².